The van der Waals surface area contributed by atoms with Gasteiger partial charge in [0.25, 0.3) is 0 Å². The van der Waals surface area contributed by atoms with Crippen LogP contribution in [0.2, 0.25) is 0 Å². The zero-order valence-electron chi connectivity index (χ0n) is 13.6. The summed E-state index contributed by atoms with van der Waals surface area (Å²) in [5.41, 5.74) is -0.0489. The van der Waals surface area contributed by atoms with Gasteiger partial charge >= 0.3 is 0 Å². The molecule has 20 heavy (non-hydrogen) atoms. The minimum atomic E-state index is -0.0489. The maximum absolute atomic E-state index is 4.65. The van der Waals surface area contributed by atoms with Gasteiger partial charge in [0.15, 0.2) is 0 Å². The molecular weight excluding hydrogens is 268 g/mol. The highest BCUT2D eigenvalue weighted by molar-refractivity contribution is 7.98. The number of nitrogens with zero attached hydrogens (tertiary/aromatic N) is 2. The van der Waals surface area contributed by atoms with E-state index >= 15 is 0 Å². The topological polar surface area (TPSA) is 49.8 Å². The van der Waals surface area contributed by atoms with E-state index in [0.717, 1.165) is 36.3 Å². The summed E-state index contributed by atoms with van der Waals surface area (Å²) in [6.07, 6.45) is 2.14. The molecule has 1 rings (SSSR count). The SMILES string of the molecule is CCNc1cc(NCC(C)CSC)nc(C(C)(C)C)n1. The van der Waals surface area contributed by atoms with Gasteiger partial charge in [0.05, 0.1) is 0 Å². The third-order valence-corrected chi connectivity index (χ3v) is 3.74. The normalized spacial score (nSPS) is 13.1. The first kappa shape index (κ1) is 17.1. The minimum absolute atomic E-state index is 0.0489. The van der Waals surface area contributed by atoms with Gasteiger partial charge in [0.1, 0.15) is 17.5 Å². The van der Waals surface area contributed by atoms with Crippen molar-refractivity contribution in [3.8, 4) is 0 Å². The maximum Gasteiger partial charge on any atom is 0.138 e. The molecule has 5 heteroatoms. The summed E-state index contributed by atoms with van der Waals surface area (Å²) >= 11 is 1.88. The van der Waals surface area contributed by atoms with Gasteiger partial charge < -0.3 is 10.6 Å². The summed E-state index contributed by atoms with van der Waals surface area (Å²) in [6, 6.07) is 1.99. The van der Waals surface area contributed by atoms with E-state index in [1.807, 2.05) is 17.8 Å². The quantitative estimate of drug-likeness (QED) is 0.805. The molecule has 1 unspecified atom stereocenters. The van der Waals surface area contributed by atoms with Crippen LogP contribution in [0.15, 0.2) is 6.07 Å². The molecule has 2 N–H and O–H groups in total. The van der Waals surface area contributed by atoms with Crippen molar-refractivity contribution < 1.29 is 0 Å². The highest BCUT2D eigenvalue weighted by Gasteiger charge is 2.19. The van der Waals surface area contributed by atoms with Crippen LogP contribution in [0.4, 0.5) is 11.6 Å². The molecule has 0 aliphatic rings. The lowest BCUT2D eigenvalue weighted by Crippen LogP contribution is -2.20. The van der Waals surface area contributed by atoms with Gasteiger partial charge in [-0.3, -0.25) is 0 Å². The fourth-order valence-electron chi connectivity index (χ4n) is 1.77. The smallest absolute Gasteiger partial charge is 0.138 e. The van der Waals surface area contributed by atoms with Crippen molar-refractivity contribution in [3.05, 3.63) is 11.9 Å². The van der Waals surface area contributed by atoms with Gasteiger partial charge in [0, 0.05) is 24.6 Å². The van der Waals surface area contributed by atoms with Crippen LogP contribution in [0.3, 0.4) is 0 Å². The number of aromatic nitrogens is 2. The van der Waals surface area contributed by atoms with Crippen LogP contribution >= 0.6 is 11.8 Å². The third-order valence-electron chi connectivity index (χ3n) is 2.84. The molecule has 0 aliphatic carbocycles. The lowest BCUT2D eigenvalue weighted by molar-refractivity contribution is 0.546. The zero-order valence-corrected chi connectivity index (χ0v) is 14.4. The summed E-state index contributed by atoms with van der Waals surface area (Å²) < 4.78 is 0. The average molecular weight is 296 g/mol. The molecule has 1 aromatic heterocycles. The Bertz CT molecular complexity index is 415. The Kier molecular flexibility index (Phi) is 6.59. The molecule has 0 saturated carbocycles. The van der Waals surface area contributed by atoms with E-state index in [0.29, 0.717) is 5.92 Å². The summed E-state index contributed by atoms with van der Waals surface area (Å²) in [5.74, 6) is 4.46. The van der Waals surface area contributed by atoms with E-state index in [1.54, 1.807) is 0 Å². The van der Waals surface area contributed by atoms with Gasteiger partial charge in [-0.25, -0.2) is 9.97 Å². The zero-order chi connectivity index (χ0) is 15.2. The van der Waals surface area contributed by atoms with E-state index < -0.39 is 0 Å². The predicted octanol–water partition coefficient (Wildman–Crippen LogP) is 3.62. The highest BCUT2D eigenvalue weighted by atomic mass is 32.2. The van der Waals surface area contributed by atoms with Crippen molar-refractivity contribution in [2.45, 2.75) is 40.0 Å². The molecule has 0 amide bonds. The Balaban J connectivity index is 2.86. The molecule has 0 radical (unpaired) electrons. The molecule has 1 aromatic rings. The van der Waals surface area contributed by atoms with Crippen LogP contribution in [0.1, 0.15) is 40.4 Å². The van der Waals surface area contributed by atoms with Gasteiger partial charge in [-0.1, -0.05) is 27.7 Å². The second-order valence-electron chi connectivity index (χ2n) is 6.18. The number of hydrogen-bond donors (Lipinski definition) is 2. The summed E-state index contributed by atoms with van der Waals surface area (Å²) in [4.78, 5) is 9.24. The van der Waals surface area contributed by atoms with Crippen molar-refractivity contribution in [1.29, 1.82) is 0 Å². The van der Waals surface area contributed by atoms with Crippen LogP contribution in [0, 0.1) is 5.92 Å². The number of rotatable bonds is 7. The average Bonchev–Trinajstić information content (AvgIpc) is 2.36. The van der Waals surface area contributed by atoms with Gasteiger partial charge in [-0.05, 0) is 24.9 Å². The first-order chi connectivity index (χ1) is 9.36. The molecule has 1 atom stereocenters. The fraction of sp³-hybridized carbons (Fsp3) is 0.733. The Morgan fingerprint density at radius 3 is 2.30 bits per heavy atom. The van der Waals surface area contributed by atoms with Crippen molar-refractivity contribution >= 4 is 23.4 Å². The van der Waals surface area contributed by atoms with Crippen molar-refractivity contribution in [2.24, 2.45) is 5.92 Å². The highest BCUT2D eigenvalue weighted by Crippen LogP contribution is 2.22. The van der Waals surface area contributed by atoms with Crippen LogP contribution in [-0.2, 0) is 5.41 Å². The molecule has 114 valence electrons. The van der Waals surface area contributed by atoms with E-state index in [-0.39, 0.29) is 5.41 Å². The molecule has 4 nitrogen and oxygen atoms in total. The number of hydrogen-bond acceptors (Lipinski definition) is 5. The van der Waals surface area contributed by atoms with E-state index in [1.165, 1.54) is 0 Å². The number of nitrogens with one attached hydrogen (secondary N) is 2. The summed E-state index contributed by atoms with van der Waals surface area (Å²) in [6.45, 7) is 12.5. The lowest BCUT2D eigenvalue weighted by atomic mass is 9.96. The standard InChI is InChI=1S/C15H28N4S/c1-7-16-12-8-13(17-9-11(2)10-20-6)19-14(18-12)15(3,4)5/h8,11H,7,9-10H2,1-6H3,(H2,16,17,18,19). The Labute approximate surface area is 127 Å². The Morgan fingerprint density at radius 2 is 1.80 bits per heavy atom. The molecule has 0 aromatic carbocycles. The van der Waals surface area contributed by atoms with E-state index in [4.69, 9.17) is 0 Å². The third kappa shape index (κ3) is 5.57. The number of thioether (sulfide) groups is 1. The van der Waals surface area contributed by atoms with Gasteiger partial charge in [-0.2, -0.15) is 11.8 Å². The van der Waals surface area contributed by atoms with Crippen LogP contribution in [-0.4, -0.2) is 35.1 Å². The molecule has 0 fully saturated rings. The molecular formula is C15H28N4S. The fourth-order valence-corrected chi connectivity index (χ4v) is 2.45. The monoisotopic (exact) mass is 296 g/mol. The molecule has 0 spiro atoms. The van der Waals surface area contributed by atoms with Crippen LogP contribution in [0.25, 0.3) is 0 Å². The second kappa shape index (κ2) is 7.72. The van der Waals surface area contributed by atoms with Crippen molar-refractivity contribution in [1.82, 2.24) is 9.97 Å². The lowest BCUT2D eigenvalue weighted by Gasteiger charge is -2.20. The predicted molar refractivity (Wildman–Crippen MR) is 90.9 cm³/mol. The second-order valence-corrected chi connectivity index (χ2v) is 7.09. The molecule has 0 saturated heterocycles. The van der Waals surface area contributed by atoms with Crippen LogP contribution in [0.5, 0.6) is 0 Å². The van der Waals surface area contributed by atoms with Gasteiger partial charge in [0.2, 0.25) is 0 Å². The van der Waals surface area contributed by atoms with E-state index in [9.17, 15) is 0 Å². The number of anilines is 2. The summed E-state index contributed by atoms with van der Waals surface area (Å²) in [7, 11) is 0. The Morgan fingerprint density at radius 1 is 1.20 bits per heavy atom. The molecule has 0 aliphatic heterocycles. The molecule has 1 heterocycles. The maximum atomic E-state index is 4.65. The minimum Gasteiger partial charge on any atom is -0.370 e. The summed E-state index contributed by atoms with van der Waals surface area (Å²) in [5, 5.41) is 6.71. The largest absolute Gasteiger partial charge is 0.370 e. The first-order valence-corrected chi connectivity index (χ1v) is 8.62. The first-order valence-electron chi connectivity index (χ1n) is 7.23. The molecule has 0 bridgehead atoms. The van der Waals surface area contributed by atoms with E-state index in [2.05, 4.69) is 61.5 Å². The van der Waals surface area contributed by atoms with Crippen LogP contribution < -0.4 is 10.6 Å². The van der Waals surface area contributed by atoms with Gasteiger partial charge in [-0.15, -0.1) is 0 Å². The van der Waals surface area contributed by atoms with Crippen molar-refractivity contribution in [2.75, 3.05) is 35.7 Å². The van der Waals surface area contributed by atoms with Crippen molar-refractivity contribution in [3.63, 3.8) is 0 Å². The Hall–Kier alpha value is -0.970.